The van der Waals surface area contributed by atoms with Crippen molar-refractivity contribution in [2.45, 2.75) is 19.4 Å². The molecule has 0 aliphatic rings. The van der Waals surface area contributed by atoms with Gasteiger partial charge in [-0.3, -0.25) is 9.55 Å². The zero-order valence-electron chi connectivity index (χ0n) is 10.5. The second-order valence-corrected chi connectivity index (χ2v) is 4.56. The van der Waals surface area contributed by atoms with Crippen LogP contribution in [0.2, 0.25) is 0 Å². The Kier molecular flexibility index (Phi) is 3.14. The molecule has 96 valence electrons. The van der Waals surface area contributed by atoms with Gasteiger partial charge in [0.2, 0.25) is 0 Å². The van der Waals surface area contributed by atoms with Crippen molar-refractivity contribution in [1.82, 2.24) is 14.5 Å². The molecule has 19 heavy (non-hydrogen) atoms. The van der Waals surface area contributed by atoms with Crippen molar-refractivity contribution in [3.05, 3.63) is 64.8 Å². The number of hydrogen-bond donors (Lipinski definition) is 1. The number of pyridine rings is 1. The van der Waals surface area contributed by atoms with Gasteiger partial charge >= 0.3 is 5.69 Å². The van der Waals surface area contributed by atoms with E-state index in [1.54, 1.807) is 17.0 Å². The van der Waals surface area contributed by atoms with Crippen LogP contribution in [0.5, 0.6) is 0 Å². The summed E-state index contributed by atoms with van der Waals surface area (Å²) in [5.74, 6) is 0. The van der Waals surface area contributed by atoms with Gasteiger partial charge in [0, 0.05) is 12.7 Å². The topological polar surface area (TPSA) is 50.7 Å². The first-order valence-electron chi connectivity index (χ1n) is 6.41. The van der Waals surface area contributed by atoms with E-state index < -0.39 is 0 Å². The summed E-state index contributed by atoms with van der Waals surface area (Å²) in [6.45, 7) is 0.720. The van der Waals surface area contributed by atoms with Gasteiger partial charge in [0.15, 0.2) is 0 Å². The Bertz CT molecular complexity index is 728. The quantitative estimate of drug-likeness (QED) is 0.776. The molecule has 0 fully saturated rings. The summed E-state index contributed by atoms with van der Waals surface area (Å²) in [6, 6.07) is 12.2. The minimum atomic E-state index is -0.0592. The van der Waals surface area contributed by atoms with Crippen LogP contribution in [0, 0.1) is 0 Å². The second-order valence-electron chi connectivity index (χ2n) is 4.56. The summed E-state index contributed by atoms with van der Waals surface area (Å²) in [6.07, 6.45) is 5.32. The van der Waals surface area contributed by atoms with Gasteiger partial charge < -0.3 is 4.98 Å². The van der Waals surface area contributed by atoms with Crippen LogP contribution >= 0.6 is 0 Å². The predicted octanol–water partition coefficient (Wildman–Crippen LogP) is 2.36. The van der Waals surface area contributed by atoms with Gasteiger partial charge in [-0.05, 0) is 24.5 Å². The van der Waals surface area contributed by atoms with E-state index in [9.17, 15) is 4.79 Å². The fourth-order valence-electron chi connectivity index (χ4n) is 2.32. The fourth-order valence-corrected chi connectivity index (χ4v) is 2.32. The number of rotatable bonds is 4. The maximum atomic E-state index is 11.9. The standard InChI is InChI=1S/C15H15N3O/c19-15-17-13-11-16-9-8-14(13)18(15)10-4-7-12-5-2-1-3-6-12/h1-3,5-6,8-9,11H,4,7,10H2,(H,17,19). The van der Waals surface area contributed by atoms with Gasteiger partial charge in [-0.2, -0.15) is 0 Å². The highest BCUT2D eigenvalue weighted by molar-refractivity contribution is 5.73. The zero-order valence-corrected chi connectivity index (χ0v) is 10.5. The molecule has 0 amide bonds. The third-order valence-electron chi connectivity index (χ3n) is 3.27. The number of imidazole rings is 1. The van der Waals surface area contributed by atoms with Crippen LogP contribution in [-0.4, -0.2) is 14.5 Å². The number of H-pyrrole nitrogens is 1. The van der Waals surface area contributed by atoms with Crippen molar-refractivity contribution >= 4 is 11.0 Å². The highest BCUT2D eigenvalue weighted by Gasteiger charge is 2.05. The Hall–Kier alpha value is -2.36. The van der Waals surface area contributed by atoms with E-state index >= 15 is 0 Å². The van der Waals surface area contributed by atoms with Crippen LogP contribution in [0.4, 0.5) is 0 Å². The highest BCUT2D eigenvalue weighted by atomic mass is 16.1. The Morgan fingerprint density at radius 3 is 2.84 bits per heavy atom. The molecule has 0 unspecified atom stereocenters. The van der Waals surface area contributed by atoms with Gasteiger partial charge in [-0.1, -0.05) is 30.3 Å². The van der Waals surface area contributed by atoms with Crippen LogP contribution in [-0.2, 0) is 13.0 Å². The smallest absolute Gasteiger partial charge is 0.304 e. The summed E-state index contributed by atoms with van der Waals surface area (Å²) < 4.78 is 1.78. The Balaban J connectivity index is 1.75. The molecule has 0 atom stereocenters. The van der Waals surface area contributed by atoms with E-state index in [0.29, 0.717) is 0 Å². The molecule has 3 aromatic rings. The fraction of sp³-hybridized carbons (Fsp3) is 0.200. The van der Waals surface area contributed by atoms with E-state index in [-0.39, 0.29) is 5.69 Å². The summed E-state index contributed by atoms with van der Waals surface area (Å²) in [5, 5.41) is 0. The van der Waals surface area contributed by atoms with Gasteiger partial charge in [-0.25, -0.2) is 4.79 Å². The molecule has 3 rings (SSSR count). The van der Waals surface area contributed by atoms with Crippen LogP contribution in [0.15, 0.2) is 53.6 Å². The number of aromatic nitrogens is 3. The van der Waals surface area contributed by atoms with E-state index in [4.69, 9.17) is 0 Å². The number of aryl methyl sites for hydroxylation is 2. The largest absolute Gasteiger partial charge is 0.326 e. The van der Waals surface area contributed by atoms with Crippen molar-refractivity contribution < 1.29 is 0 Å². The lowest BCUT2D eigenvalue weighted by Gasteiger charge is -2.03. The summed E-state index contributed by atoms with van der Waals surface area (Å²) in [7, 11) is 0. The van der Waals surface area contributed by atoms with Crippen molar-refractivity contribution in [3.8, 4) is 0 Å². The van der Waals surface area contributed by atoms with Crippen LogP contribution in [0.1, 0.15) is 12.0 Å². The lowest BCUT2D eigenvalue weighted by atomic mass is 10.1. The van der Waals surface area contributed by atoms with Crippen LogP contribution in [0.3, 0.4) is 0 Å². The normalized spacial score (nSPS) is 10.9. The molecular formula is C15H15N3O. The maximum absolute atomic E-state index is 11.9. The molecule has 0 radical (unpaired) electrons. The van der Waals surface area contributed by atoms with Crippen LogP contribution in [0.25, 0.3) is 11.0 Å². The summed E-state index contributed by atoms with van der Waals surface area (Å²) >= 11 is 0. The SMILES string of the molecule is O=c1[nH]c2cnccc2n1CCCc1ccccc1. The van der Waals surface area contributed by atoms with Gasteiger partial charge in [0.1, 0.15) is 0 Å². The molecule has 0 saturated carbocycles. The Morgan fingerprint density at radius 1 is 1.16 bits per heavy atom. The predicted molar refractivity (Wildman–Crippen MR) is 75.1 cm³/mol. The number of fused-ring (bicyclic) bond motifs is 1. The summed E-state index contributed by atoms with van der Waals surface area (Å²) in [5.41, 5.74) is 2.97. The minimum Gasteiger partial charge on any atom is -0.304 e. The maximum Gasteiger partial charge on any atom is 0.326 e. The molecule has 2 heterocycles. The van der Waals surface area contributed by atoms with Crippen LogP contribution < -0.4 is 5.69 Å². The monoisotopic (exact) mass is 253 g/mol. The minimum absolute atomic E-state index is 0.0592. The molecule has 4 nitrogen and oxygen atoms in total. The second kappa shape index (κ2) is 5.10. The lowest BCUT2D eigenvalue weighted by Crippen LogP contribution is -2.17. The van der Waals surface area contributed by atoms with Crippen molar-refractivity contribution in [2.24, 2.45) is 0 Å². The van der Waals surface area contributed by atoms with Crippen molar-refractivity contribution in [2.75, 3.05) is 0 Å². The molecule has 0 saturated heterocycles. The van der Waals surface area contributed by atoms with E-state index in [0.717, 1.165) is 30.4 Å². The first-order chi connectivity index (χ1) is 9.34. The average molecular weight is 253 g/mol. The number of nitrogens with zero attached hydrogens (tertiary/aromatic N) is 2. The van der Waals surface area contributed by atoms with Gasteiger partial charge in [-0.15, -0.1) is 0 Å². The Labute approximate surface area is 110 Å². The number of hydrogen-bond acceptors (Lipinski definition) is 2. The average Bonchev–Trinajstić information content (AvgIpc) is 2.76. The molecule has 0 aliphatic carbocycles. The van der Waals surface area contributed by atoms with Gasteiger partial charge in [0.25, 0.3) is 0 Å². The number of aromatic amines is 1. The summed E-state index contributed by atoms with van der Waals surface area (Å²) in [4.78, 5) is 18.7. The molecule has 2 aromatic heterocycles. The third-order valence-corrected chi connectivity index (χ3v) is 3.27. The zero-order chi connectivity index (χ0) is 13.1. The molecule has 0 bridgehead atoms. The lowest BCUT2D eigenvalue weighted by molar-refractivity contribution is 0.639. The van der Waals surface area contributed by atoms with Crippen molar-refractivity contribution in [1.29, 1.82) is 0 Å². The highest BCUT2D eigenvalue weighted by Crippen LogP contribution is 2.09. The third kappa shape index (κ3) is 2.42. The number of nitrogens with one attached hydrogen (secondary N) is 1. The molecule has 0 aliphatic heterocycles. The van der Waals surface area contributed by atoms with E-state index in [1.165, 1.54) is 5.56 Å². The van der Waals surface area contributed by atoms with E-state index in [2.05, 4.69) is 22.1 Å². The Morgan fingerprint density at radius 2 is 2.00 bits per heavy atom. The molecule has 1 N–H and O–H groups in total. The molecule has 1 aromatic carbocycles. The van der Waals surface area contributed by atoms with Crippen molar-refractivity contribution in [3.63, 3.8) is 0 Å². The van der Waals surface area contributed by atoms with E-state index in [1.807, 2.05) is 24.3 Å². The molecular weight excluding hydrogens is 238 g/mol. The molecule has 0 spiro atoms. The van der Waals surface area contributed by atoms with Gasteiger partial charge in [0.05, 0.1) is 17.2 Å². The first-order valence-corrected chi connectivity index (χ1v) is 6.41. The molecule has 4 heteroatoms. The first kappa shape index (κ1) is 11.7. The number of benzene rings is 1.